The SMILES string of the molecule is Cc1ccc2c(c1)C(C(C)CC(=O)O)CN2. The van der Waals surface area contributed by atoms with Gasteiger partial charge in [-0.05, 0) is 24.5 Å². The summed E-state index contributed by atoms with van der Waals surface area (Å²) in [4.78, 5) is 10.7. The van der Waals surface area contributed by atoms with Crippen molar-refractivity contribution < 1.29 is 9.90 Å². The van der Waals surface area contributed by atoms with Crippen LogP contribution in [0.5, 0.6) is 0 Å². The topological polar surface area (TPSA) is 49.3 Å². The van der Waals surface area contributed by atoms with Crippen LogP contribution in [0.1, 0.15) is 30.4 Å². The number of anilines is 1. The van der Waals surface area contributed by atoms with E-state index in [1.165, 1.54) is 11.1 Å². The normalized spacial score (nSPS) is 20.0. The number of carboxylic acid groups (broad SMARTS) is 1. The first-order valence-electron chi connectivity index (χ1n) is 5.64. The van der Waals surface area contributed by atoms with Gasteiger partial charge in [0.15, 0.2) is 0 Å². The molecule has 3 heteroatoms. The Hall–Kier alpha value is -1.51. The van der Waals surface area contributed by atoms with E-state index < -0.39 is 5.97 Å². The summed E-state index contributed by atoms with van der Waals surface area (Å²) in [5.74, 6) is -0.215. The van der Waals surface area contributed by atoms with Crippen LogP contribution in [0.15, 0.2) is 18.2 Å². The second-order valence-electron chi connectivity index (χ2n) is 4.65. The molecule has 1 aromatic rings. The summed E-state index contributed by atoms with van der Waals surface area (Å²) in [5, 5.41) is 12.2. The molecule has 0 bridgehead atoms. The van der Waals surface area contributed by atoms with Crippen LogP contribution in [0.2, 0.25) is 0 Å². The maximum Gasteiger partial charge on any atom is 0.303 e. The molecule has 2 atom stereocenters. The Morgan fingerprint density at radius 2 is 2.38 bits per heavy atom. The molecule has 2 N–H and O–H groups in total. The number of hydrogen-bond donors (Lipinski definition) is 2. The maximum absolute atomic E-state index is 10.7. The van der Waals surface area contributed by atoms with Crippen molar-refractivity contribution in [2.24, 2.45) is 5.92 Å². The van der Waals surface area contributed by atoms with E-state index in [-0.39, 0.29) is 12.3 Å². The Morgan fingerprint density at radius 3 is 3.06 bits per heavy atom. The predicted molar refractivity (Wildman–Crippen MR) is 63.8 cm³/mol. The molecule has 1 aliphatic rings. The predicted octanol–water partition coefficient (Wildman–Crippen LogP) is 2.61. The Labute approximate surface area is 95.5 Å². The smallest absolute Gasteiger partial charge is 0.303 e. The number of carbonyl (C=O) groups is 1. The van der Waals surface area contributed by atoms with Crippen LogP contribution in [0, 0.1) is 12.8 Å². The Bertz CT molecular complexity index is 414. The molecule has 0 aromatic heterocycles. The minimum atomic E-state index is -0.714. The van der Waals surface area contributed by atoms with Crippen molar-refractivity contribution in [2.75, 3.05) is 11.9 Å². The van der Waals surface area contributed by atoms with Gasteiger partial charge in [0, 0.05) is 24.6 Å². The summed E-state index contributed by atoms with van der Waals surface area (Å²) < 4.78 is 0. The van der Waals surface area contributed by atoms with Gasteiger partial charge in [-0.15, -0.1) is 0 Å². The number of fused-ring (bicyclic) bond motifs is 1. The fourth-order valence-corrected chi connectivity index (χ4v) is 2.41. The summed E-state index contributed by atoms with van der Waals surface area (Å²) in [6.45, 7) is 4.93. The van der Waals surface area contributed by atoms with E-state index in [9.17, 15) is 4.79 Å². The Kier molecular flexibility index (Phi) is 2.86. The number of aliphatic carboxylic acids is 1. The van der Waals surface area contributed by atoms with E-state index in [4.69, 9.17) is 5.11 Å². The zero-order chi connectivity index (χ0) is 11.7. The molecule has 86 valence electrons. The van der Waals surface area contributed by atoms with Crippen molar-refractivity contribution in [3.05, 3.63) is 29.3 Å². The van der Waals surface area contributed by atoms with Crippen molar-refractivity contribution in [2.45, 2.75) is 26.2 Å². The van der Waals surface area contributed by atoms with Gasteiger partial charge >= 0.3 is 5.97 Å². The molecule has 1 aromatic carbocycles. The quantitative estimate of drug-likeness (QED) is 0.821. The van der Waals surface area contributed by atoms with Crippen LogP contribution in [-0.2, 0) is 4.79 Å². The van der Waals surface area contributed by atoms with Gasteiger partial charge in [-0.1, -0.05) is 24.6 Å². The highest BCUT2D eigenvalue weighted by Crippen LogP contribution is 2.37. The average molecular weight is 219 g/mol. The molecule has 0 spiro atoms. The van der Waals surface area contributed by atoms with E-state index in [1.54, 1.807) is 0 Å². The summed E-state index contributed by atoms with van der Waals surface area (Å²) in [6, 6.07) is 6.33. The van der Waals surface area contributed by atoms with Gasteiger partial charge in [-0.3, -0.25) is 4.79 Å². The molecular formula is C13H17NO2. The van der Waals surface area contributed by atoms with Crippen LogP contribution in [-0.4, -0.2) is 17.6 Å². The van der Waals surface area contributed by atoms with E-state index >= 15 is 0 Å². The van der Waals surface area contributed by atoms with Crippen LogP contribution < -0.4 is 5.32 Å². The zero-order valence-electron chi connectivity index (χ0n) is 9.66. The van der Waals surface area contributed by atoms with Crippen LogP contribution >= 0.6 is 0 Å². The number of hydrogen-bond acceptors (Lipinski definition) is 2. The third-order valence-electron chi connectivity index (χ3n) is 3.30. The highest BCUT2D eigenvalue weighted by molar-refractivity contribution is 5.68. The molecular weight excluding hydrogens is 202 g/mol. The Morgan fingerprint density at radius 1 is 1.62 bits per heavy atom. The van der Waals surface area contributed by atoms with Gasteiger partial charge in [0.1, 0.15) is 0 Å². The lowest BCUT2D eigenvalue weighted by Crippen LogP contribution is -2.15. The second kappa shape index (κ2) is 4.16. The van der Waals surface area contributed by atoms with E-state index in [2.05, 4.69) is 30.4 Å². The lowest BCUT2D eigenvalue weighted by molar-refractivity contribution is -0.138. The molecule has 0 aliphatic carbocycles. The first-order valence-corrected chi connectivity index (χ1v) is 5.64. The van der Waals surface area contributed by atoms with E-state index in [0.717, 1.165) is 12.2 Å². The minimum absolute atomic E-state index is 0.174. The van der Waals surface area contributed by atoms with Gasteiger partial charge in [0.05, 0.1) is 0 Å². The van der Waals surface area contributed by atoms with Crippen molar-refractivity contribution in [3.63, 3.8) is 0 Å². The van der Waals surface area contributed by atoms with E-state index in [0.29, 0.717) is 5.92 Å². The minimum Gasteiger partial charge on any atom is -0.481 e. The highest BCUT2D eigenvalue weighted by Gasteiger charge is 2.28. The summed E-state index contributed by atoms with van der Waals surface area (Å²) in [6.07, 6.45) is 0.236. The van der Waals surface area contributed by atoms with Crippen molar-refractivity contribution in [1.29, 1.82) is 0 Å². The summed E-state index contributed by atoms with van der Waals surface area (Å²) in [5.41, 5.74) is 3.66. The molecule has 2 rings (SSSR count). The summed E-state index contributed by atoms with van der Waals surface area (Å²) in [7, 11) is 0. The zero-order valence-corrected chi connectivity index (χ0v) is 9.66. The van der Waals surface area contributed by atoms with Gasteiger partial charge < -0.3 is 10.4 Å². The summed E-state index contributed by atoms with van der Waals surface area (Å²) >= 11 is 0. The lowest BCUT2D eigenvalue weighted by Gasteiger charge is -2.17. The molecule has 1 aliphatic heterocycles. The molecule has 0 radical (unpaired) electrons. The number of benzene rings is 1. The lowest BCUT2D eigenvalue weighted by atomic mass is 9.86. The highest BCUT2D eigenvalue weighted by atomic mass is 16.4. The Balaban J connectivity index is 2.22. The average Bonchev–Trinajstić information content (AvgIpc) is 2.59. The number of aryl methyl sites for hydroxylation is 1. The van der Waals surface area contributed by atoms with Gasteiger partial charge in [-0.2, -0.15) is 0 Å². The first kappa shape index (κ1) is 11.0. The van der Waals surface area contributed by atoms with Gasteiger partial charge in [-0.25, -0.2) is 0 Å². The van der Waals surface area contributed by atoms with E-state index in [1.807, 2.05) is 6.92 Å². The maximum atomic E-state index is 10.7. The number of carboxylic acids is 1. The van der Waals surface area contributed by atoms with Gasteiger partial charge in [0.25, 0.3) is 0 Å². The van der Waals surface area contributed by atoms with Crippen LogP contribution in [0.4, 0.5) is 5.69 Å². The van der Waals surface area contributed by atoms with Crippen LogP contribution in [0.25, 0.3) is 0 Å². The first-order chi connectivity index (χ1) is 7.58. The third-order valence-corrected chi connectivity index (χ3v) is 3.30. The molecule has 0 fully saturated rings. The second-order valence-corrected chi connectivity index (χ2v) is 4.65. The van der Waals surface area contributed by atoms with Crippen LogP contribution in [0.3, 0.4) is 0 Å². The molecule has 16 heavy (non-hydrogen) atoms. The fourth-order valence-electron chi connectivity index (χ4n) is 2.41. The molecule has 0 amide bonds. The molecule has 2 unspecified atom stereocenters. The third kappa shape index (κ3) is 2.03. The monoisotopic (exact) mass is 219 g/mol. The molecule has 1 heterocycles. The van der Waals surface area contributed by atoms with Crippen molar-refractivity contribution >= 4 is 11.7 Å². The standard InChI is InChI=1S/C13H17NO2/c1-8-3-4-12-10(5-8)11(7-14-12)9(2)6-13(15)16/h3-5,9,11,14H,6-7H2,1-2H3,(H,15,16). The fraction of sp³-hybridized carbons (Fsp3) is 0.462. The molecule has 3 nitrogen and oxygen atoms in total. The number of nitrogens with one attached hydrogen (secondary N) is 1. The largest absolute Gasteiger partial charge is 0.481 e. The molecule has 0 saturated carbocycles. The molecule has 0 saturated heterocycles. The number of rotatable bonds is 3. The van der Waals surface area contributed by atoms with Crippen molar-refractivity contribution in [3.8, 4) is 0 Å². The van der Waals surface area contributed by atoms with Crippen molar-refractivity contribution in [1.82, 2.24) is 0 Å². The van der Waals surface area contributed by atoms with Gasteiger partial charge in [0.2, 0.25) is 0 Å².